The van der Waals surface area contributed by atoms with Gasteiger partial charge in [0, 0.05) is 13.0 Å². The Morgan fingerprint density at radius 1 is 1.26 bits per heavy atom. The Kier molecular flexibility index (Phi) is 11.1. The van der Waals surface area contributed by atoms with Gasteiger partial charge in [-0.05, 0) is 43.1 Å². The largest absolute Gasteiger partial charge is 0.437 e. The van der Waals surface area contributed by atoms with Crippen LogP contribution >= 0.6 is 0 Å². The Labute approximate surface area is 201 Å². The van der Waals surface area contributed by atoms with Gasteiger partial charge in [-0.15, -0.1) is 5.10 Å². The summed E-state index contributed by atoms with van der Waals surface area (Å²) in [5, 5.41) is 30.1. The fourth-order valence-corrected chi connectivity index (χ4v) is 3.30. The first-order chi connectivity index (χ1) is 16.2. The van der Waals surface area contributed by atoms with Crippen molar-refractivity contribution in [1.82, 2.24) is 36.1 Å². The van der Waals surface area contributed by atoms with Crippen molar-refractivity contribution in [2.75, 3.05) is 13.2 Å². The number of carbonyl (C=O) groups excluding carboxylic acids is 2. The van der Waals surface area contributed by atoms with Crippen molar-refractivity contribution >= 4 is 18.9 Å². The molecule has 2 aromatic rings. The minimum absolute atomic E-state index is 0.0851. The predicted molar refractivity (Wildman–Crippen MR) is 128 cm³/mol. The summed E-state index contributed by atoms with van der Waals surface area (Å²) < 4.78 is 7.38. The maximum Gasteiger partial charge on any atom is 0.374 e. The smallest absolute Gasteiger partial charge is 0.374 e. The third-order valence-electron chi connectivity index (χ3n) is 5.11. The normalized spacial score (nSPS) is 12.3. The first-order valence-corrected chi connectivity index (χ1v) is 11.6. The second kappa shape index (κ2) is 13.8. The van der Waals surface area contributed by atoms with E-state index in [4.69, 9.17) is 4.74 Å². The summed E-state index contributed by atoms with van der Waals surface area (Å²) in [5.74, 6) is -0.0535. The van der Waals surface area contributed by atoms with Gasteiger partial charge in [-0.1, -0.05) is 43.7 Å². The van der Waals surface area contributed by atoms with E-state index in [0.717, 1.165) is 18.4 Å². The number of unbranched alkanes of at least 4 members (excludes halogenated alkanes) is 1. The fraction of sp³-hybridized carbons (Fsp3) is 0.591. The first kappa shape index (κ1) is 27.4. The van der Waals surface area contributed by atoms with Crippen LogP contribution in [0, 0.1) is 0 Å². The van der Waals surface area contributed by atoms with Crippen molar-refractivity contribution < 1.29 is 19.3 Å². The summed E-state index contributed by atoms with van der Waals surface area (Å²) >= 11 is 0. The Bertz CT molecular complexity index is 892. The van der Waals surface area contributed by atoms with Gasteiger partial charge >= 0.3 is 7.05 Å². The number of tetrazole rings is 1. The maximum absolute atomic E-state index is 13.0. The summed E-state index contributed by atoms with van der Waals surface area (Å²) in [6.07, 6.45) is 2.13. The van der Waals surface area contributed by atoms with Crippen molar-refractivity contribution in [1.29, 1.82) is 0 Å². The van der Waals surface area contributed by atoms with Crippen LogP contribution in [0.5, 0.6) is 0 Å². The Hall–Kier alpha value is -2.83. The molecule has 1 atom stereocenters. The maximum atomic E-state index is 13.0. The molecule has 2 rings (SSSR count). The van der Waals surface area contributed by atoms with Crippen molar-refractivity contribution in [3.63, 3.8) is 0 Å². The zero-order valence-electron chi connectivity index (χ0n) is 20.5. The van der Waals surface area contributed by atoms with Crippen LogP contribution in [0.3, 0.4) is 0 Å². The van der Waals surface area contributed by atoms with Gasteiger partial charge in [-0.2, -0.15) is 0 Å². The number of ether oxygens (including phenoxy) is 1. The van der Waals surface area contributed by atoms with Crippen LogP contribution in [0.4, 0.5) is 0 Å². The highest BCUT2D eigenvalue weighted by atomic mass is 16.5. The van der Waals surface area contributed by atoms with Gasteiger partial charge < -0.3 is 25.6 Å². The van der Waals surface area contributed by atoms with Crippen LogP contribution in [0.2, 0.25) is 6.82 Å². The Balaban J connectivity index is 2.10. The highest BCUT2D eigenvalue weighted by molar-refractivity contribution is 6.46. The molecular formula is C22H36BN7O4. The molecule has 0 unspecified atom stereocenters. The SMILES string of the molecule is CCCCNC(=O)CCn1nnnc1[C@@H](COCc1ccccc1)NC(=O)C(C)(C)NB(C)O. The summed E-state index contributed by atoms with van der Waals surface area (Å²) in [6, 6.07) is 9.01. The molecule has 186 valence electrons. The van der Waals surface area contributed by atoms with E-state index in [-0.39, 0.29) is 31.4 Å². The Morgan fingerprint density at radius 2 is 2.00 bits per heavy atom. The summed E-state index contributed by atoms with van der Waals surface area (Å²) in [6.45, 7) is 8.31. The fourth-order valence-electron chi connectivity index (χ4n) is 3.30. The van der Waals surface area contributed by atoms with E-state index < -0.39 is 18.6 Å². The number of rotatable bonds is 15. The number of nitrogens with one attached hydrogen (secondary N) is 3. The quantitative estimate of drug-likeness (QED) is 0.220. The van der Waals surface area contributed by atoms with Crippen LogP contribution in [0.25, 0.3) is 0 Å². The summed E-state index contributed by atoms with van der Waals surface area (Å²) in [7, 11) is -0.870. The number of aromatic nitrogens is 4. The van der Waals surface area contributed by atoms with Gasteiger partial charge in [0.25, 0.3) is 0 Å². The van der Waals surface area contributed by atoms with Gasteiger partial charge in [0.15, 0.2) is 5.82 Å². The van der Waals surface area contributed by atoms with Crippen molar-refractivity contribution in [3.05, 3.63) is 41.7 Å². The summed E-state index contributed by atoms with van der Waals surface area (Å²) in [4.78, 5) is 25.1. The average molecular weight is 473 g/mol. The standard InChI is InChI=1S/C22H36BN7O4/c1-5-6-13-24-19(31)12-14-30-20(26-28-29-30)18(16-34-15-17-10-8-7-9-11-17)25-21(32)22(2,3)27-23(4)33/h7-11,18,27,33H,5-6,12-16H2,1-4H3,(H,24,31)(H,25,32)/t18-/m1/s1. The van der Waals surface area contributed by atoms with Gasteiger partial charge in [-0.3, -0.25) is 9.59 Å². The van der Waals surface area contributed by atoms with Gasteiger partial charge in [0.2, 0.25) is 11.8 Å². The Morgan fingerprint density at radius 3 is 2.68 bits per heavy atom. The third-order valence-corrected chi connectivity index (χ3v) is 5.11. The molecule has 4 N–H and O–H groups in total. The topological polar surface area (TPSA) is 143 Å². The van der Waals surface area contributed by atoms with Gasteiger partial charge in [0.05, 0.1) is 25.3 Å². The number of hydrogen-bond donors (Lipinski definition) is 4. The van der Waals surface area contributed by atoms with E-state index in [0.29, 0.717) is 19.0 Å². The van der Waals surface area contributed by atoms with Crippen molar-refractivity contribution in [2.45, 2.75) is 71.6 Å². The predicted octanol–water partition coefficient (Wildman–Crippen LogP) is 0.832. The van der Waals surface area contributed by atoms with Crippen molar-refractivity contribution in [3.8, 4) is 0 Å². The molecule has 2 amide bonds. The molecule has 34 heavy (non-hydrogen) atoms. The zero-order valence-corrected chi connectivity index (χ0v) is 20.5. The lowest BCUT2D eigenvalue weighted by Crippen LogP contribution is -2.58. The monoisotopic (exact) mass is 473 g/mol. The minimum Gasteiger partial charge on any atom is -0.437 e. The van der Waals surface area contributed by atoms with E-state index in [1.165, 1.54) is 4.68 Å². The molecule has 0 aliphatic rings. The lowest BCUT2D eigenvalue weighted by molar-refractivity contribution is -0.127. The highest BCUT2D eigenvalue weighted by Gasteiger charge is 2.33. The third kappa shape index (κ3) is 9.20. The molecule has 0 fully saturated rings. The average Bonchev–Trinajstić information content (AvgIpc) is 3.25. The molecule has 0 saturated carbocycles. The van der Waals surface area contributed by atoms with E-state index in [1.807, 2.05) is 30.3 Å². The molecule has 0 aliphatic carbocycles. The molecule has 0 spiro atoms. The second-order valence-electron chi connectivity index (χ2n) is 8.69. The second-order valence-corrected chi connectivity index (χ2v) is 8.69. The zero-order chi connectivity index (χ0) is 25.0. The summed E-state index contributed by atoms with van der Waals surface area (Å²) in [5.41, 5.74) is -0.0597. The molecule has 12 heteroatoms. The molecule has 1 aromatic carbocycles. The number of carbonyl (C=O) groups is 2. The molecule has 0 saturated heterocycles. The number of amides is 2. The number of benzene rings is 1. The van der Waals surface area contributed by atoms with Gasteiger partial charge in [0.1, 0.15) is 6.04 Å². The van der Waals surface area contributed by atoms with E-state index >= 15 is 0 Å². The molecule has 0 bridgehead atoms. The van der Waals surface area contributed by atoms with Crippen LogP contribution in [-0.2, 0) is 27.5 Å². The molecule has 1 heterocycles. The number of aryl methyl sites for hydroxylation is 1. The lowest BCUT2D eigenvalue weighted by atomic mass is 9.83. The highest BCUT2D eigenvalue weighted by Crippen LogP contribution is 2.14. The van der Waals surface area contributed by atoms with E-state index in [9.17, 15) is 14.6 Å². The van der Waals surface area contributed by atoms with E-state index in [1.54, 1.807) is 20.7 Å². The number of hydrogen-bond acceptors (Lipinski definition) is 8. The van der Waals surface area contributed by atoms with Crippen LogP contribution in [0.1, 0.15) is 57.5 Å². The molecule has 1 aromatic heterocycles. The van der Waals surface area contributed by atoms with E-state index in [2.05, 4.69) is 38.3 Å². The van der Waals surface area contributed by atoms with Gasteiger partial charge in [-0.25, -0.2) is 4.68 Å². The number of nitrogens with zero attached hydrogens (tertiary/aromatic N) is 4. The van der Waals surface area contributed by atoms with Crippen molar-refractivity contribution in [2.24, 2.45) is 0 Å². The minimum atomic E-state index is -1.05. The molecule has 11 nitrogen and oxygen atoms in total. The lowest BCUT2D eigenvalue weighted by Gasteiger charge is -2.28. The molecule has 0 radical (unpaired) electrons. The molecule has 0 aliphatic heterocycles. The first-order valence-electron chi connectivity index (χ1n) is 11.6. The van der Waals surface area contributed by atoms with Crippen LogP contribution in [0.15, 0.2) is 30.3 Å². The molecular weight excluding hydrogens is 437 g/mol. The van der Waals surface area contributed by atoms with Crippen LogP contribution in [-0.4, -0.2) is 62.8 Å². The van der Waals surface area contributed by atoms with Crippen LogP contribution < -0.4 is 15.9 Å².